The number of halogens is 2. The van der Waals surface area contributed by atoms with Gasteiger partial charge < -0.3 is 5.32 Å². The molecule has 0 spiro atoms. The molecule has 1 aromatic heterocycles. The molecule has 1 rings (SSSR count). The Kier molecular flexibility index (Phi) is 4.55. The van der Waals surface area contributed by atoms with Gasteiger partial charge in [-0.15, -0.1) is 0 Å². The fourth-order valence-electron chi connectivity index (χ4n) is 1.12. The number of rotatable bonds is 4. The third kappa shape index (κ3) is 3.90. The predicted molar refractivity (Wildman–Crippen MR) is 70.1 cm³/mol. The van der Waals surface area contributed by atoms with Crippen LogP contribution in [0.2, 0.25) is 0 Å². The van der Waals surface area contributed by atoms with Crippen molar-refractivity contribution in [2.45, 2.75) is 39.3 Å². The normalized spacial score (nSPS) is 11.6. The van der Waals surface area contributed by atoms with E-state index in [9.17, 15) is 4.79 Å². The van der Waals surface area contributed by atoms with Gasteiger partial charge in [0.15, 0.2) is 0 Å². The molecule has 1 heterocycles. The first kappa shape index (κ1) is 13.7. The van der Waals surface area contributed by atoms with Crippen LogP contribution >= 0.6 is 31.9 Å². The Morgan fingerprint density at radius 2 is 2.19 bits per heavy atom. The van der Waals surface area contributed by atoms with Crippen LogP contribution in [0.3, 0.4) is 0 Å². The lowest BCUT2D eigenvalue weighted by Gasteiger charge is -2.24. The van der Waals surface area contributed by atoms with E-state index < -0.39 is 0 Å². The van der Waals surface area contributed by atoms with Gasteiger partial charge in [0.25, 0.3) is 0 Å². The van der Waals surface area contributed by atoms with Gasteiger partial charge in [-0.25, -0.2) is 4.68 Å². The summed E-state index contributed by atoms with van der Waals surface area (Å²) in [7, 11) is 0. The number of carbonyl (C=O) groups is 1. The first-order valence-electron chi connectivity index (χ1n) is 5.04. The van der Waals surface area contributed by atoms with Gasteiger partial charge in [-0.3, -0.25) is 4.79 Å². The molecule has 1 amide bonds. The van der Waals surface area contributed by atoms with E-state index in [1.165, 1.54) is 0 Å². The van der Waals surface area contributed by atoms with Gasteiger partial charge in [0.1, 0.15) is 15.8 Å². The predicted octanol–water partition coefficient (Wildman–Crippen LogP) is 2.71. The van der Waals surface area contributed by atoms with E-state index in [4.69, 9.17) is 0 Å². The average Bonchev–Trinajstić information content (AvgIpc) is 2.44. The lowest BCUT2D eigenvalue weighted by atomic mass is 10.0. The topological polar surface area (TPSA) is 46.9 Å². The molecular formula is C10H15Br2N3O. The molecule has 1 aromatic rings. The summed E-state index contributed by atoms with van der Waals surface area (Å²) < 4.78 is 3.09. The number of amides is 1. The number of carbonyl (C=O) groups excluding carboxylic acids is 1. The molecule has 0 atom stereocenters. The number of nitrogens with one attached hydrogen (secondary N) is 1. The second kappa shape index (κ2) is 5.31. The zero-order chi connectivity index (χ0) is 12.3. The molecule has 6 heteroatoms. The van der Waals surface area contributed by atoms with Gasteiger partial charge in [-0.1, -0.05) is 6.92 Å². The van der Waals surface area contributed by atoms with Gasteiger partial charge in [-0.05, 0) is 52.1 Å². The molecule has 0 aliphatic carbocycles. The van der Waals surface area contributed by atoms with Crippen molar-refractivity contribution in [2.24, 2.45) is 0 Å². The van der Waals surface area contributed by atoms with Crippen LogP contribution in [0.15, 0.2) is 15.3 Å². The molecule has 0 aliphatic heterocycles. The van der Waals surface area contributed by atoms with Crippen LogP contribution in [0.25, 0.3) is 0 Å². The Morgan fingerprint density at radius 1 is 1.56 bits per heavy atom. The van der Waals surface area contributed by atoms with Gasteiger partial charge in [-0.2, -0.15) is 5.10 Å². The highest BCUT2D eigenvalue weighted by atomic mass is 79.9. The summed E-state index contributed by atoms with van der Waals surface area (Å²) in [4.78, 5) is 11.7. The Balaban J connectivity index is 2.62. The molecular weight excluding hydrogens is 338 g/mol. The van der Waals surface area contributed by atoms with Crippen LogP contribution in [0.5, 0.6) is 0 Å². The Bertz CT molecular complexity index is 387. The molecule has 0 fully saturated rings. The fourth-order valence-corrected chi connectivity index (χ4v) is 2.25. The molecule has 0 radical (unpaired) electrons. The average molecular weight is 353 g/mol. The van der Waals surface area contributed by atoms with Crippen LogP contribution in [-0.4, -0.2) is 21.2 Å². The number of aromatic nitrogens is 2. The van der Waals surface area contributed by atoms with E-state index >= 15 is 0 Å². The van der Waals surface area contributed by atoms with Crippen molar-refractivity contribution in [1.82, 2.24) is 15.1 Å². The number of hydrogen-bond acceptors (Lipinski definition) is 2. The van der Waals surface area contributed by atoms with Crippen molar-refractivity contribution in [3.8, 4) is 0 Å². The fraction of sp³-hybridized carbons (Fsp3) is 0.600. The van der Waals surface area contributed by atoms with Gasteiger partial charge in [0, 0.05) is 11.6 Å². The van der Waals surface area contributed by atoms with E-state index in [2.05, 4.69) is 42.3 Å². The van der Waals surface area contributed by atoms with E-state index in [-0.39, 0.29) is 18.0 Å². The summed E-state index contributed by atoms with van der Waals surface area (Å²) in [6, 6.07) is 1.80. The Labute approximate surface area is 112 Å². The number of nitrogens with zero attached hydrogens (tertiary/aromatic N) is 2. The van der Waals surface area contributed by atoms with Crippen molar-refractivity contribution in [1.29, 1.82) is 0 Å². The van der Waals surface area contributed by atoms with Crippen LogP contribution < -0.4 is 5.32 Å². The SMILES string of the molecule is CCC(C)(C)NC(=O)Cn1nc(Br)cc1Br. The summed E-state index contributed by atoms with van der Waals surface area (Å²) in [6.45, 7) is 6.26. The van der Waals surface area contributed by atoms with Crippen LogP contribution in [0, 0.1) is 0 Å². The molecule has 0 saturated carbocycles. The maximum absolute atomic E-state index is 11.7. The molecule has 0 unspecified atom stereocenters. The second-order valence-corrected chi connectivity index (χ2v) is 5.86. The molecule has 90 valence electrons. The highest BCUT2D eigenvalue weighted by Gasteiger charge is 2.18. The molecule has 4 nitrogen and oxygen atoms in total. The third-order valence-corrected chi connectivity index (χ3v) is 3.38. The maximum Gasteiger partial charge on any atom is 0.242 e. The monoisotopic (exact) mass is 351 g/mol. The molecule has 0 saturated heterocycles. The van der Waals surface area contributed by atoms with Crippen molar-refractivity contribution < 1.29 is 4.79 Å². The summed E-state index contributed by atoms with van der Waals surface area (Å²) in [6.07, 6.45) is 0.892. The summed E-state index contributed by atoms with van der Waals surface area (Å²) in [5.74, 6) is -0.0387. The molecule has 16 heavy (non-hydrogen) atoms. The lowest BCUT2D eigenvalue weighted by Crippen LogP contribution is -2.44. The van der Waals surface area contributed by atoms with Crippen molar-refractivity contribution in [2.75, 3.05) is 0 Å². The summed E-state index contributed by atoms with van der Waals surface area (Å²) in [5, 5.41) is 7.09. The minimum absolute atomic E-state index is 0.0387. The quantitative estimate of drug-likeness (QED) is 0.905. The highest BCUT2D eigenvalue weighted by Crippen LogP contribution is 2.16. The van der Waals surface area contributed by atoms with Crippen molar-refractivity contribution in [3.05, 3.63) is 15.3 Å². The summed E-state index contributed by atoms with van der Waals surface area (Å²) >= 11 is 6.59. The van der Waals surface area contributed by atoms with E-state index in [1.54, 1.807) is 10.7 Å². The van der Waals surface area contributed by atoms with E-state index in [1.807, 2.05) is 20.8 Å². The minimum Gasteiger partial charge on any atom is -0.350 e. The second-order valence-electron chi connectivity index (χ2n) is 4.23. The van der Waals surface area contributed by atoms with Gasteiger partial charge in [0.05, 0.1) is 0 Å². The smallest absolute Gasteiger partial charge is 0.242 e. The van der Waals surface area contributed by atoms with Crippen molar-refractivity contribution >= 4 is 37.8 Å². The Morgan fingerprint density at radius 3 is 2.62 bits per heavy atom. The first-order valence-corrected chi connectivity index (χ1v) is 6.62. The Hall–Kier alpha value is -0.360. The highest BCUT2D eigenvalue weighted by molar-refractivity contribution is 9.11. The van der Waals surface area contributed by atoms with E-state index in [0.29, 0.717) is 4.60 Å². The van der Waals surface area contributed by atoms with Crippen LogP contribution in [0.1, 0.15) is 27.2 Å². The number of hydrogen-bond donors (Lipinski definition) is 1. The molecule has 1 N–H and O–H groups in total. The largest absolute Gasteiger partial charge is 0.350 e. The van der Waals surface area contributed by atoms with Crippen LogP contribution in [-0.2, 0) is 11.3 Å². The molecule has 0 aromatic carbocycles. The zero-order valence-electron chi connectivity index (χ0n) is 9.55. The van der Waals surface area contributed by atoms with Crippen LogP contribution in [0.4, 0.5) is 0 Å². The van der Waals surface area contributed by atoms with Gasteiger partial charge in [0.2, 0.25) is 5.91 Å². The van der Waals surface area contributed by atoms with E-state index in [0.717, 1.165) is 11.0 Å². The van der Waals surface area contributed by atoms with Gasteiger partial charge >= 0.3 is 0 Å². The maximum atomic E-state index is 11.7. The molecule has 0 bridgehead atoms. The lowest BCUT2D eigenvalue weighted by molar-refractivity contribution is -0.123. The minimum atomic E-state index is -0.173. The standard InChI is InChI=1S/C10H15Br2N3O/c1-4-10(2,3)13-9(16)6-15-8(12)5-7(11)14-15/h5H,4,6H2,1-3H3,(H,13,16). The first-order chi connectivity index (χ1) is 7.34. The van der Waals surface area contributed by atoms with Crippen molar-refractivity contribution in [3.63, 3.8) is 0 Å². The molecule has 0 aliphatic rings. The summed E-state index contributed by atoms with van der Waals surface area (Å²) in [5.41, 5.74) is -0.173. The zero-order valence-corrected chi connectivity index (χ0v) is 12.7. The third-order valence-electron chi connectivity index (χ3n) is 2.36.